The van der Waals surface area contributed by atoms with E-state index in [1.54, 1.807) is 12.3 Å². The van der Waals surface area contributed by atoms with Crippen LogP contribution in [0.25, 0.3) is 11.3 Å². The predicted octanol–water partition coefficient (Wildman–Crippen LogP) is 2.80. The van der Waals surface area contributed by atoms with Gasteiger partial charge in [0.1, 0.15) is 0 Å². The summed E-state index contributed by atoms with van der Waals surface area (Å²) in [6.45, 7) is 2.12. The number of amides is 1. The van der Waals surface area contributed by atoms with E-state index in [9.17, 15) is 4.79 Å². The lowest BCUT2D eigenvalue weighted by molar-refractivity contribution is 0.100. The first kappa shape index (κ1) is 12.3. The number of hydrogen-bond donors (Lipinski definition) is 1. The van der Waals surface area contributed by atoms with Crippen LogP contribution in [0.3, 0.4) is 0 Å². The van der Waals surface area contributed by atoms with Crippen LogP contribution in [0.1, 0.15) is 29.3 Å². The van der Waals surface area contributed by atoms with E-state index in [1.807, 2.05) is 30.3 Å². The van der Waals surface area contributed by atoms with Crippen molar-refractivity contribution in [1.29, 1.82) is 0 Å². The number of aryl methyl sites for hydroxylation is 1. The fourth-order valence-corrected chi connectivity index (χ4v) is 2.06. The Morgan fingerprint density at radius 1 is 1.22 bits per heavy atom. The summed E-state index contributed by atoms with van der Waals surface area (Å²) in [5.74, 6) is -0.418. The molecule has 0 fully saturated rings. The van der Waals surface area contributed by atoms with Gasteiger partial charge in [-0.3, -0.25) is 9.78 Å². The Morgan fingerprint density at radius 3 is 2.72 bits per heavy atom. The highest BCUT2D eigenvalue weighted by atomic mass is 16.1. The molecule has 3 nitrogen and oxygen atoms in total. The number of nitrogens with two attached hydrogens (primary N) is 1. The number of carbonyl (C=O) groups is 1. The molecule has 2 N–H and O–H groups in total. The summed E-state index contributed by atoms with van der Waals surface area (Å²) < 4.78 is 0. The third-order valence-electron chi connectivity index (χ3n) is 2.86. The van der Waals surface area contributed by atoms with Crippen molar-refractivity contribution in [1.82, 2.24) is 4.98 Å². The Labute approximate surface area is 107 Å². The molecule has 2 aromatic rings. The molecule has 0 aliphatic carbocycles. The monoisotopic (exact) mass is 240 g/mol. The van der Waals surface area contributed by atoms with Gasteiger partial charge in [-0.25, -0.2) is 0 Å². The van der Waals surface area contributed by atoms with Crippen molar-refractivity contribution in [3.63, 3.8) is 0 Å². The van der Waals surface area contributed by atoms with Gasteiger partial charge in [0, 0.05) is 17.3 Å². The smallest absolute Gasteiger partial charge is 0.249 e. The topological polar surface area (TPSA) is 56.0 Å². The van der Waals surface area contributed by atoms with Gasteiger partial charge in [0.2, 0.25) is 5.91 Å². The van der Waals surface area contributed by atoms with Crippen molar-refractivity contribution in [2.45, 2.75) is 19.8 Å². The second kappa shape index (κ2) is 5.45. The maximum absolute atomic E-state index is 11.5. The van der Waals surface area contributed by atoms with Crippen LogP contribution in [0.2, 0.25) is 0 Å². The van der Waals surface area contributed by atoms with E-state index in [0.29, 0.717) is 5.56 Å². The summed E-state index contributed by atoms with van der Waals surface area (Å²) in [6, 6.07) is 11.3. The van der Waals surface area contributed by atoms with Crippen LogP contribution in [0, 0.1) is 0 Å². The van der Waals surface area contributed by atoms with Crippen molar-refractivity contribution >= 4 is 5.91 Å². The molecule has 92 valence electrons. The molecule has 2 rings (SSSR count). The zero-order valence-electron chi connectivity index (χ0n) is 10.4. The van der Waals surface area contributed by atoms with Crippen LogP contribution >= 0.6 is 0 Å². The first-order chi connectivity index (χ1) is 8.74. The van der Waals surface area contributed by atoms with Gasteiger partial charge in [-0.1, -0.05) is 37.6 Å². The third kappa shape index (κ3) is 2.40. The third-order valence-corrected chi connectivity index (χ3v) is 2.86. The average Bonchev–Trinajstić information content (AvgIpc) is 2.40. The number of hydrogen-bond acceptors (Lipinski definition) is 2. The van der Waals surface area contributed by atoms with Gasteiger partial charge in [0.25, 0.3) is 0 Å². The Balaban J connectivity index is 2.58. The van der Waals surface area contributed by atoms with E-state index in [4.69, 9.17) is 5.73 Å². The summed E-state index contributed by atoms with van der Waals surface area (Å²) in [4.78, 5) is 15.9. The molecular formula is C15H16N2O. The summed E-state index contributed by atoms with van der Waals surface area (Å²) >= 11 is 0. The molecule has 0 saturated carbocycles. The van der Waals surface area contributed by atoms with Gasteiger partial charge in [-0.15, -0.1) is 0 Å². The van der Waals surface area contributed by atoms with Crippen molar-refractivity contribution in [2.75, 3.05) is 0 Å². The van der Waals surface area contributed by atoms with Gasteiger partial charge in [-0.05, 0) is 24.1 Å². The van der Waals surface area contributed by atoms with Gasteiger partial charge in [-0.2, -0.15) is 0 Å². The van der Waals surface area contributed by atoms with E-state index in [0.717, 1.165) is 29.7 Å². The normalized spacial score (nSPS) is 10.3. The Kier molecular flexibility index (Phi) is 3.72. The lowest BCUT2D eigenvalue weighted by atomic mass is 9.98. The number of carbonyl (C=O) groups excluding carboxylic acids is 1. The largest absolute Gasteiger partial charge is 0.366 e. The summed E-state index contributed by atoms with van der Waals surface area (Å²) in [7, 11) is 0. The Morgan fingerprint density at radius 2 is 2.00 bits per heavy atom. The SMILES string of the molecule is CCCc1cccnc1-c1ccccc1C(N)=O. The van der Waals surface area contributed by atoms with E-state index in [1.165, 1.54) is 0 Å². The maximum Gasteiger partial charge on any atom is 0.249 e. The minimum absolute atomic E-state index is 0.418. The number of pyridine rings is 1. The predicted molar refractivity (Wildman–Crippen MR) is 72.2 cm³/mol. The van der Waals surface area contributed by atoms with Crippen LogP contribution in [-0.2, 0) is 6.42 Å². The van der Waals surface area contributed by atoms with Gasteiger partial charge >= 0.3 is 0 Å². The Hall–Kier alpha value is -2.16. The fraction of sp³-hybridized carbons (Fsp3) is 0.200. The zero-order chi connectivity index (χ0) is 13.0. The lowest BCUT2D eigenvalue weighted by Gasteiger charge is -2.10. The van der Waals surface area contributed by atoms with Crippen molar-refractivity contribution in [3.05, 3.63) is 53.7 Å². The number of primary amides is 1. The molecule has 1 aromatic heterocycles. The average molecular weight is 240 g/mol. The maximum atomic E-state index is 11.5. The van der Waals surface area contributed by atoms with Crippen molar-refractivity contribution in [2.24, 2.45) is 5.73 Å². The molecule has 0 atom stereocenters. The minimum Gasteiger partial charge on any atom is -0.366 e. The second-order valence-electron chi connectivity index (χ2n) is 4.17. The van der Waals surface area contributed by atoms with Crippen LogP contribution in [0.4, 0.5) is 0 Å². The second-order valence-corrected chi connectivity index (χ2v) is 4.17. The molecule has 1 aromatic carbocycles. The first-order valence-corrected chi connectivity index (χ1v) is 6.07. The first-order valence-electron chi connectivity index (χ1n) is 6.07. The molecule has 3 heteroatoms. The zero-order valence-corrected chi connectivity index (χ0v) is 10.4. The van der Waals surface area contributed by atoms with Crippen LogP contribution in [-0.4, -0.2) is 10.9 Å². The summed E-state index contributed by atoms with van der Waals surface area (Å²) in [5.41, 5.74) is 8.75. The molecule has 18 heavy (non-hydrogen) atoms. The fourth-order valence-electron chi connectivity index (χ4n) is 2.06. The molecule has 0 spiro atoms. The number of aromatic nitrogens is 1. The number of nitrogens with zero attached hydrogens (tertiary/aromatic N) is 1. The van der Waals surface area contributed by atoms with Gasteiger partial charge in [0.15, 0.2) is 0 Å². The van der Waals surface area contributed by atoms with E-state index in [-0.39, 0.29) is 0 Å². The Bertz CT molecular complexity index is 564. The molecular weight excluding hydrogens is 224 g/mol. The molecule has 1 heterocycles. The van der Waals surface area contributed by atoms with Crippen LogP contribution in [0.5, 0.6) is 0 Å². The number of rotatable bonds is 4. The lowest BCUT2D eigenvalue weighted by Crippen LogP contribution is -2.12. The highest BCUT2D eigenvalue weighted by Gasteiger charge is 2.12. The highest BCUT2D eigenvalue weighted by molar-refractivity contribution is 5.99. The summed E-state index contributed by atoms with van der Waals surface area (Å²) in [6.07, 6.45) is 3.72. The van der Waals surface area contributed by atoms with Crippen molar-refractivity contribution < 1.29 is 4.79 Å². The van der Waals surface area contributed by atoms with E-state index in [2.05, 4.69) is 11.9 Å². The summed E-state index contributed by atoms with van der Waals surface area (Å²) in [5, 5.41) is 0. The minimum atomic E-state index is -0.418. The molecule has 0 saturated heterocycles. The van der Waals surface area contributed by atoms with Crippen LogP contribution in [0.15, 0.2) is 42.6 Å². The molecule has 0 unspecified atom stereocenters. The van der Waals surface area contributed by atoms with Crippen molar-refractivity contribution in [3.8, 4) is 11.3 Å². The van der Waals surface area contributed by atoms with Gasteiger partial charge < -0.3 is 5.73 Å². The quantitative estimate of drug-likeness (QED) is 0.893. The van der Waals surface area contributed by atoms with E-state index < -0.39 is 5.91 Å². The molecule has 0 aliphatic heterocycles. The number of benzene rings is 1. The standard InChI is InChI=1S/C15H16N2O/c1-2-6-11-7-5-10-17-14(11)12-8-3-4-9-13(12)15(16)18/h3-5,7-10H,2,6H2,1H3,(H2,16,18). The van der Waals surface area contributed by atoms with Gasteiger partial charge in [0.05, 0.1) is 5.69 Å². The molecule has 0 radical (unpaired) electrons. The molecule has 0 aliphatic rings. The van der Waals surface area contributed by atoms with Crippen LogP contribution < -0.4 is 5.73 Å². The molecule has 1 amide bonds. The highest BCUT2D eigenvalue weighted by Crippen LogP contribution is 2.25. The molecule has 0 bridgehead atoms. The van der Waals surface area contributed by atoms with E-state index >= 15 is 0 Å².